The maximum absolute atomic E-state index is 13.2. The van der Waals surface area contributed by atoms with Crippen LogP contribution in [0.15, 0.2) is 18.2 Å². The molecule has 0 fully saturated rings. The number of halogens is 1. The molecule has 0 amide bonds. The summed E-state index contributed by atoms with van der Waals surface area (Å²) in [6.07, 6.45) is 0. The van der Waals surface area contributed by atoms with E-state index in [0.717, 1.165) is 5.56 Å². The molecular weight excluding hydrogens is 265 g/mol. The highest BCUT2D eigenvalue weighted by atomic mass is 32.2. The molecule has 19 heavy (non-hydrogen) atoms. The third kappa shape index (κ3) is 3.15. The average Bonchev–Trinajstić information content (AvgIpc) is 2.31. The van der Waals surface area contributed by atoms with E-state index in [-0.39, 0.29) is 22.5 Å². The Hall–Kier alpha value is -0.940. The lowest BCUT2D eigenvalue weighted by atomic mass is 9.93. The van der Waals surface area contributed by atoms with Crippen LogP contribution in [-0.4, -0.2) is 15.6 Å². The molecule has 1 heterocycles. The van der Waals surface area contributed by atoms with Gasteiger partial charge in [-0.1, -0.05) is 13.0 Å². The number of benzene rings is 1. The van der Waals surface area contributed by atoms with Gasteiger partial charge in [0, 0.05) is 17.5 Å². The van der Waals surface area contributed by atoms with Crippen molar-refractivity contribution in [2.75, 3.05) is 6.61 Å². The summed E-state index contributed by atoms with van der Waals surface area (Å²) in [7, 11) is -1.17. The highest BCUT2D eigenvalue weighted by Crippen LogP contribution is 2.36. The molecule has 0 radical (unpaired) electrons. The van der Waals surface area contributed by atoms with Gasteiger partial charge in [0.25, 0.3) is 0 Å². The van der Waals surface area contributed by atoms with Gasteiger partial charge in [-0.05, 0) is 26.8 Å². The van der Waals surface area contributed by atoms with Gasteiger partial charge < -0.3 is 4.74 Å². The molecule has 0 aliphatic carbocycles. The first-order valence-corrected chi connectivity index (χ1v) is 7.54. The minimum Gasteiger partial charge on any atom is -0.493 e. The Balaban J connectivity index is 2.28. The van der Waals surface area contributed by atoms with Crippen LogP contribution in [0, 0.1) is 11.7 Å². The summed E-state index contributed by atoms with van der Waals surface area (Å²) in [5.74, 6) is 0.412. The molecule has 3 atom stereocenters. The molecular formula is C14H20FNO2S. The van der Waals surface area contributed by atoms with Crippen LogP contribution in [0.5, 0.6) is 5.75 Å². The quantitative estimate of drug-likeness (QED) is 0.907. The van der Waals surface area contributed by atoms with Crippen molar-refractivity contribution in [1.82, 2.24) is 4.72 Å². The van der Waals surface area contributed by atoms with E-state index >= 15 is 0 Å². The third-order valence-electron chi connectivity index (χ3n) is 3.17. The Bertz CT molecular complexity index is 499. The normalized spacial score (nSPS) is 24.5. The van der Waals surface area contributed by atoms with Gasteiger partial charge in [-0.2, -0.15) is 0 Å². The van der Waals surface area contributed by atoms with E-state index in [9.17, 15) is 8.60 Å². The van der Waals surface area contributed by atoms with E-state index in [1.165, 1.54) is 12.1 Å². The molecule has 3 unspecified atom stereocenters. The molecule has 0 saturated carbocycles. The number of fused-ring (bicyclic) bond motifs is 1. The Kier molecular flexibility index (Phi) is 3.97. The molecule has 0 saturated heterocycles. The predicted octanol–water partition coefficient (Wildman–Crippen LogP) is 2.95. The Labute approximate surface area is 116 Å². The SMILES string of the molecule is CC1COc2cc(F)ccc2C1NS(=O)C(C)(C)C. The van der Waals surface area contributed by atoms with E-state index in [0.29, 0.717) is 12.4 Å². The smallest absolute Gasteiger partial charge is 0.127 e. The van der Waals surface area contributed by atoms with E-state index in [1.54, 1.807) is 6.07 Å². The van der Waals surface area contributed by atoms with Crippen LogP contribution >= 0.6 is 0 Å². The number of nitrogens with one attached hydrogen (secondary N) is 1. The highest BCUT2D eigenvalue weighted by Gasteiger charge is 2.32. The first-order chi connectivity index (χ1) is 8.79. The first kappa shape index (κ1) is 14.5. The molecule has 1 aromatic rings. The van der Waals surface area contributed by atoms with Crippen LogP contribution in [-0.2, 0) is 11.0 Å². The summed E-state index contributed by atoms with van der Waals surface area (Å²) < 4.78 is 33.8. The molecule has 1 aliphatic rings. The topological polar surface area (TPSA) is 38.3 Å². The number of hydrogen-bond donors (Lipinski definition) is 1. The standard InChI is InChI=1S/C14H20FNO2S/c1-9-8-18-12-7-10(15)5-6-11(12)13(9)16-19(17)14(2,3)4/h5-7,9,13,16H,8H2,1-4H3. The molecule has 0 spiro atoms. The summed E-state index contributed by atoms with van der Waals surface area (Å²) in [4.78, 5) is 0. The molecule has 3 nitrogen and oxygen atoms in total. The average molecular weight is 285 g/mol. The van der Waals surface area contributed by atoms with Gasteiger partial charge in [-0.3, -0.25) is 0 Å². The summed E-state index contributed by atoms with van der Waals surface area (Å²) in [6.45, 7) is 8.29. The van der Waals surface area contributed by atoms with Crippen LogP contribution in [0.4, 0.5) is 4.39 Å². The summed E-state index contributed by atoms with van der Waals surface area (Å²) in [5.41, 5.74) is 0.873. The minimum atomic E-state index is -1.17. The molecule has 0 aromatic heterocycles. The largest absolute Gasteiger partial charge is 0.493 e. The van der Waals surface area contributed by atoms with Crippen molar-refractivity contribution >= 4 is 11.0 Å². The number of hydrogen-bond acceptors (Lipinski definition) is 2. The van der Waals surface area contributed by atoms with Gasteiger partial charge in [-0.25, -0.2) is 13.3 Å². The second-order valence-electron chi connectivity index (χ2n) is 5.95. The van der Waals surface area contributed by atoms with Crippen molar-refractivity contribution in [1.29, 1.82) is 0 Å². The zero-order valence-electron chi connectivity index (χ0n) is 11.7. The lowest BCUT2D eigenvalue weighted by Gasteiger charge is -2.33. The zero-order valence-corrected chi connectivity index (χ0v) is 12.5. The van der Waals surface area contributed by atoms with Gasteiger partial charge in [0.2, 0.25) is 0 Å². The summed E-state index contributed by atoms with van der Waals surface area (Å²) in [5, 5.41) is 0. The van der Waals surface area contributed by atoms with Crippen molar-refractivity contribution in [2.24, 2.45) is 5.92 Å². The fourth-order valence-corrected chi connectivity index (χ4v) is 2.93. The van der Waals surface area contributed by atoms with Crippen LogP contribution < -0.4 is 9.46 Å². The van der Waals surface area contributed by atoms with Crippen molar-refractivity contribution in [3.63, 3.8) is 0 Å². The van der Waals surface area contributed by atoms with E-state index < -0.39 is 11.0 Å². The van der Waals surface area contributed by atoms with Crippen LogP contribution in [0.1, 0.15) is 39.3 Å². The third-order valence-corrected chi connectivity index (χ3v) is 4.75. The maximum atomic E-state index is 13.2. The first-order valence-electron chi connectivity index (χ1n) is 6.39. The second-order valence-corrected chi connectivity index (χ2v) is 7.94. The number of rotatable bonds is 2. The predicted molar refractivity (Wildman–Crippen MR) is 74.8 cm³/mol. The van der Waals surface area contributed by atoms with Crippen molar-refractivity contribution in [2.45, 2.75) is 38.5 Å². The Morgan fingerprint density at radius 1 is 1.42 bits per heavy atom. The summed E-state index contributed by atoms with van der Waals surface area (Å²) >= 11 is 0. The van der Waals surface area contributed by atoms with Crippen molar-refractivity contribution in [3.05, 3.63) is 29.6 Å². The van der Waals surface area contributed by atoms with Crippen LogP contribution in [0.3, 0.4) is 0 Å². The molecule has 1 aromatic carbocycles. The highest BCUT2D eigenvalue weighted by molar-refractivity contribution is 7.84. The molecule has 1 N–H and O–H groups in total. The minimum absolute atomic E-state index is 0.0793. The van der Waals surface area contributed by atoms with Crippen LogP contribution in [0.2, 0.25) is 0 Å². The van der Waals surface area contributed by atoms with Gasteiger partial charge in [0.15, 0.2) is 0 Å². The fraction of sp³-hybridized carbons (Fsp3) is 0.571. The van der Waals surface area contributed by atoms with Crippen molar-refractivity contribution in [3.8, 4) is 5.75 Å². The Morgan fingerprint density at radius 3 is 2.74 bits per heavy atom. The van der Waals surface area contributed by atoms with E-state index in [1.807, 2.05) is 27.7 Å². The van der Waals surface area contributed by atoms with Gasteiger partial charge in [-0.15, -0.1) is 0 Å². The van der Waals surface area contributed by atoms with Gasteiger partial charge >= 0.3 is 0 Å². The van der Waals surface area contributed by atoms with E-state index in [2.05, 4.69) is 4.72 Å². The summed E-state index contributed by atoms with van der Waals surface area (Å²) in [6, 6.07) is 4.42. The lowest BCUT2D eigenvalue weighted by molar-refractivity contribution is 0.199. The van der Waals surface area contributed by atoms with Gasteiger partial charge in [0.1, 0.15) is 11.6 Å². The maximum Gasteiger partial charge on any atom is 0.127 e. The molecule has 106 valence electrons. The van der Waals surface area contributed by atoms with Crippen LogP contribution in [0.25, 0.3) is 0 Å². The Morgan fingerprint density at radius 2 is 2.11 bits per heavy atom. The van der Waals surface area contributed by atoms with E-state index in [4.69, 9.17) is 4.74 Å². The van der Waals surface area contributed by atoms with Gasteiger partial charge in [0.05, 0.1) is 28.4 Å². The lowest BCUT2D eigenvalue weighted by Crippen LogP contribution is -2.40. The monoisotopic (exact) mass is 285 g/mol. The molecule has 5 heteroatoms. The van der Waals surface area contributed by atoms with Crippen molar-refractivity contribution < 1.29 is 13.3 Å². The second kappa shape index (κ2) is 5.21. The zero-order chi connectivity index (χ0) is 14.2. The fourth-order valence-electron chi connectivity index (χ4n) is 1.99. The molecule has 1 aliphatic heterocycles. The number of ether oxygens (including phenoxy) is 1. The molecule has 0 bridgehead atoms. The molecule has 2 rings (SSSR count).